The van der Waals surface area contributed by atoms with Crippen LogP contribution in [0.4, 0.5) is 5.69 Å². The summed E-state index contributed by atoms with van der Waals surface area (Å²) in [6.07, 6.45) is 2.57. The highest BCUT2D eigenvalue weighted by molar-refractivity contribution is 14.1. The van der Waals surface area contributed by atoms with E-state index in [4.69, 9.17) is 0 Å². The summed E-state index contributed by atoms with van der Waals surface area (Å²) in [5.41, 5.74) is 0.910. The average Bonchev–Trinajstić information content (AvgIpc) is 2.83. The van der Waals surface area contributed by atoms with Crippen molar-refractivity contribution in [1.29, 1.82) is 0 Å². The lowest BCUT2D eigenvalue weighted by atomic mass is 9.94. The zero-order valence-electron chi connectivity index (χ0n) is 11.4. The van der Waals surface area contributed by atoms with Gasteiger partial charge in [-0.15, -0.1) is 0 Å². The van der Waals surface area contributed by atoms with Crippen molar-refractivity contribution < 1.29 is 4.79 Å². The predicted molar refractivity (Wildman–Crippen MR) is 88.7 cm³/mol. The summed E-state index contributed by atoms with van der Waals surface area (Å²) in [6, 6.07) is 8.48. The van der Waals surface area contributed by atoms with Gasteiger partial charge in [-0.05, 0) is 60.0 Å². The first-order valence-electron chi connectivity index (χ1n) is 7.22. The van der Waals surface area contributed by atoms with Crippen molar-refractivity contribution in [2.24, 2.45) is 5.92 Å². The van der Waals surface area contributed by atoms with Gasteiger partial charge in [-0.25, -0.2) is 0 Å². The maximum absolute atomic E-state index is 12.1. The topological polar surface area (TPSA) is 44.4 Å². The first-order valence-corrected chi connectivity index (χ1v) is 8.30. The molecular weight excluding hydrogens is 365 g/mol. The van der Waals surface area contributed by atoms with Gasteiger partial charge in [0.15, 0.2) is 0 Å². The zero-order chi connectivity index (χ0) is 13.9. The van der Waals surface area contributed by atoms with E-state index in [1.165, 1.54) is 12.8 Å². The third-order valence-corrected chi connectivity index (χ3v) is 5.13. The molecule has 1 aromatic rings. The number of carbonyl (C=O) groups excluding carboxylic acids is 1. The maximum atomic E-state index is 12.1. The van der Waals surface area contributed by atoms with Crippen LogP contribution in [0.15, 0.2) is 24.3 Å². The molecule has 0 saturated carbocycles. The quantitative estimate of drug-likeness (QED) is 0.782. The van der Waals surface area contributed by atoms with Gasteiger partial charge < -0.3 is 10.6 Å². The lowest BCUT2D eigenvalue weighted by Gasteiger charge is -2.24. The third-order valence-electron chi connectivity index (χ3n) is 4.19. The molecule has 108 valence electrons. The number of carbonyl (C=O) groups is 1. The second kappa shape index (κ2) is 6.41. The second-order valence-electron chi connectivity index (χ2n) is 5.69. The number of hydrogen-bond acceptors (Lipinski definition) is 3. The van der Waals surface area contributed by atoms with Crippen LogP contribution in [-0.4, -0.2) is 43.0 Å². The standard InChI is InChI=1S/C15H20IN3O/c16-12-5-1-2-6-13(12)18-15(20)10-19-8-11-4-3-7-17-14(11)9-19/h1-2,5-6,11,14,17H,3-4,7-10H2,(H,18,20). The number of halogens is 1. The Morgan fingerprint density at radius 3 is 3.05 bits per heavy atom. The normalized spacial score (nSPS) is 26.2. The van der Waals surface area contributed by atoms with Crippen LogP contribution in [0.3, 0.4) is 0 Å². The summed E-state index contributed by atoms with van der Waals surface area (Å²) in [7, 11) is 0. The van der Waals surface area contributed by atoms with E-state index in [0.717, 1.165) is 34.8 Å². The van der Waals surface area contributed by atoms with Crippen LogP contribution in [-0.2, 0) is 4.79 Å². The molecule has 0 spiro atoms. The van der Waals surface area contributed by atoms with Crippen molar-refractivity contribution in [2.75, 3.05) is 31.5 Å². The molecule has 2 N–H and O–H groups in total. The van der Waals surface area contributed by atoms with E-state index in [9.17, 15) is 4.79 Å². The molecule has 0 aliphatic carbocycles. The monoisotopic (exact) mass is 385 g/mol. The van der Waals surface area contributed by atoms with E-state index >= 15 is 0 Å². The second-order valence-corrected chi connectivity index (χ2v) is 6.85. The van der Waals surface area contributed by atoms with Crippen molar-refractivity contribution in [2.45, 2.75) is 18.9 Å². The lowest BCUT2D eigenvalue weighted by molar-refractivity contribution is -0.117. The van der Waals surface area contributed by atoms with Crippen LogP contribution in [0, 0.1) is 9.49 Å². The number of hydrogen-bond donors (Lipinski definition) is 2. The van der Waals surface area contributed by atoms with Crippen LogP contribution < -0.4 is 10.6 Å². The summed E-state index contributed by atoms with van der Waals surface area (Å²) >= 11 is 2.25. The van der Waals surface area contributed by atoms with Crippen LogP contribution in [0.5, 0.6) is 0 Å². The fraction of sp³-hybridized carbons (Fsp3) is 0.533. The number of piperidine rings is 1. The fourth-order valence-corrected chi connectivity index (χ4v) is 3.74. The molecule has 0 bridgehead atoms. The molecule has 0 radical (unpaired) electrons. The molecule has 2 fully saturated rings. The van der Waals surface area contributed by atoms with Gasteiger partial charge in [0.1, 0.15) is 0 Å². The van der Waals surface area contributed by atoms with Crippen molar-refractivity contribution in [3.63, 3.8) is 0 Å². The van der Waals surface area contributed by atoms with Crippen molar-refractivity contribution in [3.8, 4) is 0 Å². The highest BCUT2D eigenvalue weighted by Gasteiger charge is 2.34. The number of rotatable bonds is 3. The summed E-state index contributed by atoms with van der Waals surface area (Å²) < 4.78 is 1.08. The molecule has 1 amide bonds. The van der Waals surface area contributed by atoms with Gasteiger partial charge in [-0.3, -0.25) is 9.69 Å². The Kier molecular flexibility index (Phi) is 4.58. The largest absolute Gasteiger partial charge is 0.324 e. The molecule has 0 aromatic heterocycles. The maximum Gasteiger partial charge on any atom is 0.238 e. The molecule has 5 heteroatoms. The molecule has 2 unspecified atom stereocenters. The molecular formula is C15H20IN3O. The Balaban J connectivity index is 1.53. The molecule has 2 atom stereocenters. The highest BCUT2D eigenvalue weighted by Crippen LogP contribution is 2.24. The van der Waals surface area contributed by atoms with Crippen LogP contribution in [0.2, 0.25) is 0 Å². The number of para-hydroxylation sites is 1. The minimum atomic E-state index is 0.0905. The Bertz CT molecular complexity index is 480. The minimum Gasteiger partial charge on any atom is -0.324 e. The van der Waals surface area contributed by atoms with Gasteiger partial charge in [-0.2, -0.15) is 0 Å². The molecule has 3 rings (SSSR count). The van der Waals surface area contributed by atoms with E-state index < -0.39 is 0 Å². The zero-order valence-corrected chi connectivity index (χ0v) is 13.6. The Morgan fingerprint density at radius 2 is 2.25 bits per heavy atom. The molecule has 1 aromatic carbocycles. The first-order chi connectivity index (χ1) is 9.72. The van der Waals surface area contributed by atoms with Crippen molar-refractivity contribution >= 4 is 34.2 Å². The van der Waals surface area contributed by atoms with Crippen molar-refractivity contribution in [1.82, 2.24) is 10.2 Å². The smallest absolute Gasteiger partial charge is 0.238 e. The Hall–Kier alpha value is -0.660. The third kappa shape index (κ3) is 3.32. The van der Waals surface area contributed by atoms with Crippen LogP contribution >= 0.6 is 22.6 Å². The fourth-order valence-electron chi connectivity index (χ4n) is 3.22. The number of likely N-dealkylation sites (tertiary alicyclic amines) is 1. The summed E-state index contributed by atoms with van der Waals surface area (Å²) in [6.45, 7) is 3.68. The number of benzene rings is 1. The summed E-state index contributed by atoms with van der Waals surface area (Å²) in [5, 5.41) is 6.58. The van der Waals surface area contributed by atoms with E-state index in [2.05, 4.69) is 38.1 Å². The lowest BCUT2D eigenvalue weighted by Crippen LogP contribution is -2.41. The van der Waals surface area contributed by atoms with E-state index in [1.807, 2.05) is 24.3 Å². The van der Waals surface area contributed by atoms with E-state index in [1.54, 1.807) is 0 Å². The van der Waals surface area contributed by atoms with Gasteiger partial charge in [0.2, 0.25) is 5.91 Å². The Labute approximate surface area is 133 Å². The summed E-state index contributed by atoms with van der Waals surface area (Å²) in [5.74, 6) is 0.821. The molecule has 2 aliphatic heterocycles. The number of amides is 1. The van der Waals surface area contributed by atoms with Gasteiger partial charge in [0.25, 0.3) is 0 Å². The van der Waals surface area contributed by atoms with Gasteiger partial charge in [0.05, 0.1) is 12.2 Å². The molecule has 2 heterocycles. The highest BCUT2D eigenvalue weighted by atomic mass is 127. The van der Waals surface area contributed by atoms with Gasteiger partial charge in [0, 0.05) is 22.7 Å². The number of nitrogens with one attached hydrogen (secondary N) is 2. The molecule has 20 heavy (non-hydrogen) atoms. The molecule has 4 nitrogen and oxygen atoms in total. The average molecular weight is 385 g/mol. The van der Waals surface area contributed by atoms with E-state index in [-0.39, 0.29) is 5.91 Å². The van der Waals surface area contributed by atoms with Crippen molar-refractivity contribution in [3.05, 3.63) is 27.8 Å². The number of anilines is 1. The summed E-state index contributed by atoms with van der Waals surface area (Å²) in [4.78, 5) is 14.4. The minimum absolute atomic E-state index is 0.0905. The van der Waals surface area contributed by atoms with Gasteiger partial charge in [-0.1, -0.05) is 12.1 Å². The van der Waals surface area contributed by atoms with Crippen LogP contribution in [0.1, 0.15) is 12.8 Å². The number of nitrogens with zero attached hydrogens (tertiary/aromatic N) is 1. The number of fused-ring (bicyclic) bond motifs is 1. The van der Waals surface area contributed by atoms with Gasteiger partial charge >= 0.3 is 0 Å². The van der Waals surface area contributed by atoms with Crippen LogP contribution in [0.25, 0.3) is 0 Å². The van der Waals surface area contributed by atoms with E-state index in [0.29, 0.717) is 12.6 Å². The SMILES string of the molecule is O=C(CN1CC2CCCNC2C1)Nc1ccccc1I. The first kappa shape index (κ1) is 14.3. The predicted octanol–water partition coefficient (Wildman–Crippen LogP) is 1.91. The molecule has 2 aliphatic rings. The molecule has 2 saturated heterocycles. The Morgan fingerprint density at radius 1 is 1.40 bits per heavy atom.